The monoisotopic (exact) mass is 305 g/mol. The molecule has 0 atom stereocenters. The number of hydrogen-bond acceptors (Lipinski definition) is 4. The molecule has 1 aliphatic heterocycles. The molecule has 0 aliphatic carbocycles. The molecule has 2 amide bonds. The summed E-state index contributed by atoms with van der Waals surface area (Å²) >= 11 is 0. The van der Waals surface area contributed by atoms with Gasteiger partial charge in [-0.1, -0.05) is 0 Å². The number of benzene rings is 1. The minimum absolute atomic E-state index is 0.210. The first kappa shape index (κ1) is 16.3. The van der Waals surface area contributed by atoms with Gasteiger partial charge < -0.3 is 20.3 Å². The van der Waals surface area contributed by atoms with Gasteiger partial charge in [-0.3, -0.25) is 0 Å². The van der Waals surface area contributed by atoms with Crippen molar-refractivity contribution in [2.24, 2.45) is 0 Å². The Bertz CT molecular complexity index is 508. The predicted molar refractivity (Wildman–Crippen MR) is 85.1 cm³/mol. The van der Waals surface area contributed by atoms with Crippen molar-refractivity contribution in [2.75, 3.05) is 32.1 Å². The van der Waals surface area contributed by atoms with E-state index < -0.39 is 0 Å². The van der Waals surface area contributed by atoms with Crippen LogP contribution in [-0.2, 0) is 4.74 Å². The molecule has 1 fully saturated rings. The van der Waals surface area contributed by atoms with Crippen LogP contribution in [0.5, 0.6) is 0 Å². The largest absolute Gasteiger partial charge is 0.462 e. The molecule has 0 bridgehead atoms. The first-order valence-electron chi connectivity index (χ1n) is 7.61. The van der Waals surface area contributed by atoms with Gasteiger partial charge in [0.05, 0.1) is 12.2 Å². The highest BCUT2D eigenvalue weighted by molar-refractivity contribution is 5.92. The lowest BCUT2D eigenvalue weighted by Crippen LogP contribution is -2.44. The van der Waals surface area contributed by atoms with Crippen LogP contribution >= 0.6 is 0 Å². The number of nitrogens with one attached hydrogen (secondary N) is 2. The zero-order chi connectivity index (χ0) is 15.9. The van der Waals surface area contributed by atoms with Gasteiger partial charge in [0.2, 0.25) is 0 Å². The number of rotatable bonds is 4. The summed E-state index contributed by atoms with van der Waals surface area (Å²) < 4.78 is 4.92. The summed E-state index contributed by atoms with van der Waals surface area (Å²) in [6.45, 7) is 4.11. The van der Waals surface area contributed by atoms with E-state index in [1.54, 1.807) is 31.2 Å². The number of esters is 1. The molecule has 1 aliphatic rings. The average molecular weight is 305 g/mol. The topological polar surface area (TPSA) is 70.7 Å². The van der Waals surface area contributed by atoms with Gasteiger partial charge in [0, 0.05) is 11.7 Å². The summed E-state index contributed by atoms with van der Waals surface area (Å²) in [7, 11) is 2.08. The van der Waals surface area contributed by atoms with Crippen LogP contribution in [0.4, 0.5) is 10.5 Å². The van der Waals surface area contributed by atoms with E-state index in [0.29, 0.717) is 17.9 Å². The number of piperidine rings is 1. The summed E-state index contributed by atoms with van der Waals surface area (Å²) in [5, 5.41) is 5.76. The second-order valence-electron chi connectivity index (χ2n) is 5.47. The van der Waals surface area contributed by atoms with Crippen LogP contribution in [0.2, 0.25) is 0 Å². The van der Waals surface area contributed by atoms with Crippen LogP contribution in [0.3, 0.4) is 0 Å². The van der Waals surface area contributed by atoms with E-state index in [1.807, 2.05) is 0 Å². The number of likely N-dealkylation sites (tertiary alicyclic amines) is 1. The maximum absolute atomic E-state index is 12.0. The van der Waals surface area contributed by atoms with E-state index in [2.05, 4.69) is 22.6 Å². The molecule has 2 N–H and O–H groups in total. The lowest BCUT2D eigenvalue weighted by Gasteiger charge is -2.29. The fraction of sp³-hybridized carbons (Fsp3) is 0.500. The number of hydrogen-bond donors (Lipinski definition) is 2. The third kappa shape index (κ3) is 4.73. The van der Waals surface area contributed by atoms with Crippen molar-refractivity contribution < 1.29 is 14.3 Å². The summed E-state index contributed by atoms with van der Waals surface area (Å²) in [6.07, 6.45) is 1.93. The number of ether oxygens (including phenoxy) is 1. The van der Waals surface area contributed by atoms with Crippen molar-refractivity contribution in [1.82, 2.24) is 10.2 Å². The van der Waals surface area contributed by atoms with Crippen molar-refractivity contribution in [3.8, 4) is 0 Å². The summed E-state index contributed by atoms with van der Waals surface area (Å²) in [5.41, 5.74) is 1.13. The number of nitrogens with zero attached hydrogens (tertiary/aromatic N) is 1. The van der Waals surface area contributed by atoms with Crippen molar-refractivity contribution in [2.45, 2.75) is 25.8 Å². The van der Waals surface area contributed by atoms with Crippen molar-refractivity contribution in [1.29, 1.82) is 0 Å². The van der Waals surface area contributed by atoms with E-state index in [0.717, 1.165) is 25.9 Å². The lowest BCUT2D eigenvalue weighted by molar-refractivity contribution is 0.0526. The number of carbonyl (C=O) groups excluding carboxylic acids is 2. The Kier molecular flexibility index (Phi) is 5.77. The Morgan fingerprint density at radius 1 is 1.23 bits per heavy atom. The molecule has 1 aromatic rings. The SMILES string of the molecule is CCOC(=O)c1ccc(NC(=O)NC2CCN(C)CC2)cc1. The van der Waals surface area contributed by atoms with Gasteiger partial charge in [0.25, 0.3) is 0 Å². The maximum Gasteiger partial charge on any atom is 0.338 e. The standard InChI is InChI=1S/C16H23N3O3/c1-3-22-15(20)12-4-6-13(7-5-12)17-16(21)18-14-8-10-19(2)11-9-14/h4-7,14H,3,8-11H2,1-2H3,(H2,17,18,21). The fourth-order valence-corrected chi connectivity index (χ4v) is 2.41. The van der Waals surface area contributed by atoms with Gasteiger partial charge in [-0.2, -0.15) is 0 Å². The van der Waals surface area contributed by atoms with Crippen LogP contribution in [0, 0.1) is 0 Å². The average Bonchev–Trinajstić information content (AvgIpc) is 2.50. The minimum Gasteiger partial charge on any atom is -0.462 e. The molecule has 0 radical (unpaired) electrons. The van der Waals surface area contributed by atoms with Crippen LogP contribution in [0.15, 0.2) is 24.3 Å². The first-order chi connectivity index (χ1) is 10.6. The number of urea groups is 1. The molecule has 0 unspecified atom stereocenters. The Labute approximate surface area is 130 Å². The zero-order valence-corrected chi connectivity index (χ0v) is 13.1. The highest BCUT2D eigenvalue weighted by Crippen LogP contribution is 2.12. The Hall–Kier alpha value is -2.08. The Morgan fingerprint density at radius 2 is 1.86 bits per heavy atom. The predicted octanol–water partition coefficient (Wildman–Crippen LogP) is 2.08. The fourth-order valence-electron chi connectivity index (χ4n) is 2.41. The van der Waals surface area contributed by atoms with Gasteiger partial charge in [0.1, 0.15) is 0 Å². The number of amides is 2. The highest BCUT2D eigenvalue weighted by atomic mass is 16.5. The first-order valence-corrected chi connectivity index (χ1v) is 7.61. The second kappa shape index (κ2) is 7.79. The summed E-state index contributed by atoms with van der Waals surface area (Å²) in [4.78, 5) is 25.8. The Morgan fingerprint density at radius 3 is 2.45 bits per heavy atom. The molecule has 1 heterocycles. The smallest absolute Gasteiger partial charge is 0.338 e. The van der Waals surface area contributed by atoms with Crippen LogP contribution in [0.1, 0.15) is 30.1 Å². The van der Waals surface area contributed by atoms with E-state index >= 15 is 0 Å². The van der Waals surface area contributed by atoms with Crippen molar-refractivity contribution in [3.05, 3.63) is 29.8 Å². The highest BCUT2D eigenvalue weighted by Gasteiger charge is 2.18. The van der Waals surface area contributed by atoms with Gasteiger partial charge in [0.15, 0.2) is 0 Å². The zero-order valence-electron chi connectivity index (χ0n) is 13.1. The molecule has 0 saturated carbocycles. The lowest BCUT2D eigenvalue weighted by atomic mass is 10.1. The molecule has 1 aromatic carbocycles. The maximum atomic E-state index is 12.0. The van der Waals surface area contributed by atoms with E-state index in [1.165, 1.54) is 0 Å². The molecule has 0 aromatic heterocycles. The Balaban J connectivity index is 1.82. The molecule has 1 saturated heterocycles. The molecule has 6 heteroatoms. The summed E-state index contributed by atoms with van der Waals surface area (Å²) in [5.74, 6) is -0.357. The van der Waals surface area contributed by atoms with Crippen LogP contribution in [0.25, 0.3) is 0 Å². The minimum atomic E-state index is -0.357. The third-order valence-electron chi connectivity index (χ3n) is 3.71. The van der Waals surface area contributed by atoms with Crippen LogP contribution < -0.4 is 10.6 Å². The molecular weight excluding hydrogens is 282 g/mol. The molecular formula is C16H23N3O3. The van der Waals surface area contributed by atoms with E-state index in [9.17, 15) is 9.59 Å². The normalized spacial score (nSPS) is 16.1. The van der Waals surface area contributed by atoms with Gasteiger partial charge in [-0.15, -0.1) is 0 Å². The van der Waals surface area contributed by atoms with Crippen molar-refractivity contribution >= 4 is 17.7 Å². The third-order valence-corrected chi connectivity index (χ3v) is 3.71. The van der Waals surface area contributed by atoms with Gasteiger partial charge in [-0.25, -0.2) is 9.59 Å². The molecule has 0 spiro atoms. The van der Waals surface area contributed by atoms with Gasteiger partial charge in [-0.05, 0) is 64.2 Å². The molecule has 6 nitrogen and oxygen atoms in total. The van der Waals surface area contributed by atoms with Gasteiger partial charge >= 0.3 is 12.0 Å². The van der Waals surface area contributed by atoms with Crippen molar-refractivity contribution in [3.63, 3.8) is 0 Å². The quantitative estimate of drug-likeness (QED) is 0.836. The number of anilines is 1. The summed E-state index contributed by atoms with van der Waals surface area (Å²) in [6, 6.07) is 6.68. The molecule has 2 rings (SSSR count). The molecule has 120 valence electrons. The van der Waals surface area contributed by atoms with E-state index in [-0.39, 0.29) is 18.0 Å². The second-order valence-corrected chi connectivity index (χ2v) is 5.47. The molecule has 22 heavy (non-hydrogen) atoms. The van der Waals surface area contributed by atoms with Crippen LogP contribution in [-0.4, -0.2) is 49.7 Å². The van der Waals surface area contributed by atoms with E-state index in [4.69, 9.17) is 4.74 Å². The number of carbonyl (C=O) groups is 2.